The second-order valence-electron chi connectivity index (χ2n) is 6.33. The van der Waals surface area contributed by atoms with Gasteiger partial charge < -0.3 is 4.74 Å². The minimum atomic E-state index is -3.50. The number of halogens is 1. The Bertz CT molecular complexity index is 659. The highest BCUT2D eigenvalue weighted by atomic mass is 35.5. The Morgan fingerprint density at radius 1 is 1.26 bits per heavy atom. The zero-order valence-corrected chi connectivity index (χ0v) is 15.8. The first-order valence-corrected chi connectivity index (χ1v) is 9.91. The molecule has 1 saturated heterocycles. The molecule has 0 unspecified atom stereocenters. The van der Waals surface area contributed by atoms with Crippen LogP contribution in [0.3, 0.4) is 0 Å². The van der Waals surface area contributed by atoms with Crippen molar-refractivity contribution in [2.75, 3.05) is 32.7 Å². The fourth-order valence-corrected chi connectivity index (χ4v) is 5.31. The second-order valence-corrected chi connectivity index (χ2v) is 10.2. The van der Waals surface area contributed by atoms with Crippen molar-refractivity contribution in [3.05, 3.63) is 16.5 Å². The molecular formula is C14H21ClN2O4S2. The van der Waals surface area contributed by atoms with Crippen molar-refractivity contribution in [1.29, 1.82) is 0 Å². The lowest BCUT2D eigenvalue weighted by atomic mass is 10.2. The highest BCUT2D eigenvalue weighted by molar-refractivity contribution is 7.91. The van der Waals surface area contributed by atoms with Gasteiger partial charge >= 0.3 is 5.97 Å². The maximum atomic E-state index is 12.5. The van der Waals surface area contributed by atoms with E-state index < -0.39 is 15.6 Å². The summed E-state index contributed by atoms with van der Waals surface area (Å²) in [5.74, 6) is -0.293. The number of nitrogens with zero attached hydrogens (tertiary/aromatic N) is 2. The molecule has 2 heterocycles. The Kier molecular flexibility index (Phi) is 5.73. The molecule has 1 fully saturated rings. The average Bonchev–Trinajstić information content (AvgIpc) is 2.84. The van der Waals surface area contributed by atoms with Crippen LogP contribution in [0.25, 0.3) is 0 Å². The van der Waals surface area contributed by atoms with Crippen molar-refractivity contribution < 1.29 is 17.9 Å². The normalized spacial score (nSPS) is 18.1. The Balaban J connectivity index is 1.90. The smallest absolute Gasteiger partial charge is 0.320 e. The highest BCUT2D eigenvalue weighted by Gasteiger charge is 2.30. The Hall–Kier alpha value is -0.670. The van der Waals surface area contributed by atoms with Gasteiger partial charge in [-0.2, -0.15) is 4.31 Å². The van der Waals surface area contributed by atoms with Crippen molar-refractivity contribution in [2.45, 2.75) is 30.6 Å². The van der Waals surface area contributed by atoms with Crippen molar-refractivity contribution in [3.63, 3.8) is 0 Å². The summed E-state index contributed by atoms with van der Waals surface area (Å²) in [6.45, 7) is 7.33. The number of esters is 1. The van der Waals surface area contributed by atoms with E-state index in [2.05, 4.69) is 0 Å². The van der Waals surface area contributed by atoms with Crippen LogP contribution in [-0.4, -0.2) is 61.9 Å². The Labute approximate surface area is 146 Å². The van der Waals surface area contributed by atoms with Crippen LogP contribution >= 0.6 is 22.9 Å². The van der Waals surface area contributed by atoms with E-state index in [1.165, 1.54) is 10.4 Å². The van der Waals surface area contributed by atoms with Gasteiger partial charge in [-0.25, -0.2) is 8.42 Å². The first kappa shape index (κ1) is 18.7. The molecule has 0 radical (unpaired) electrons. The maximum absolute atomic E-state index is 12.5. The SMILES string of the molecule is CC(C)(C)OC(=O)CN1CCN(S(=O)(=O)c2ccc(Cl)s2)CC1. The van der Waals surface area contributed by atoms with Gasteiger partial charge in [0.15, 0.2) is 0 Å². The van der Waals surface area contributed by atoms with Gasteiger partial charge in [0.1, 0.15) is 9.81 Å². The molecule has 6 nitrogen and oxygen atoms in total. The molecule has 1 aliphatic heterocycles. The Morgan fingerprint density at radius 3 is 2.35 bits per heavy atom. The topological polar surface area (TPSA) is 66.9 Å². The van der Waals surface area contributed by atoms with E-state index in [9.17, 15) is 13.2 Å². The van der Waals surface area contributed by atoms with E-state index in [-0.39, 0.29) is 16.7 Å². The predicted octanol–water partition coefficient (Wildman–Crippen LogP) is 2.05. The summed E-state index contributed by atoms with van der Waals surface area (Å²) in [7, 11) is -3.50. The van der Waals surface area contributed by atoms with Crippen molar-refractivity contribution in [2.24, 2.45) is 0 Å². The van der Waals surface area contributed by atoms with Gasteiger partial charge in [-0.1, -0.05) is 11.6 Å². The number of rotatable bonds is 4. The molecule has 0 bridgehead atoms. The van der Waals surface area contributed by atoms with E-state index in [0.717, 1.165) is 11.3 Å². The van der Waals surface area contributed by atoms with Crippen LogP contribution < -0.4 is 0 Å². The molecule has 0 saturated carbocycles. The van der Waals surface area contributed by atoms with Crippen LogP contribution in [0, 0.1) is 0 Å². The molecule has 9 heteroatoms. The van der Waals surface area contributed by atoms with Crippen LogP contribution in [0.5, 0.6) is 0 Å². The minimum Gasteiger partial charge on any atom is -0.459 e. The van der Waals surface area contributed by atoms with Gasteiger partial charge in [0.2, 0.25) is 0 Å². The van der Waals surface area contributed by atoms with Gasteiger partial charge in [0.25, 0.3) is 10.0 Å². The van der Waals surface area contributed by atoms with Crippen LogP contribution in [0.15, 0.2) is 16.3 Å². The summed E-state index contributed by atoms with van der Waals surface area (Å²) in [4.78, 5) is 13.7. The van der Waals surface area contributed by atoms with E-state index in [4.69, 9.17) is 16.3 Å². The molecule has 0 spiro atoms. The molecule has 0 aliphatic carbocycles. The summed E-state index contributed by atoms with van der Waals surface area (Å²) in [5.41, 5.74) is -0.513. The third-order valence-corrected chi connectivity index (χ3v) is 6.84. The number of sulfonamides is 1. The van der Waals surface area contributed by atoms with E-state index in [0.29, 0.717) is 30.5 Å². The number of hydrogen-bond donors (Lipinski definition) is 0. The molecule has 2 rings (SSSR count). The zero-order chi connectivity index (χ0) is 17.3. The van der Waals surface area contributed by atoms with Gasteiger partial charge in [-0.05, 0) is 32.9 Å². The monoisotopic (exact) mass is 380 g/mol. The zero-order valence-electron chi connectivity index (χ0n) is 13.4. The number of hydrogen-bond acceptors (Lipinski definition) is 6. The lowest BCUT2D eigenvalue weighted by Gasteiger charge is -2.33. The second kappa shape index (κ2) is 7.06. The molecule has 0 amide bonds. The van der Waals surface area contributed by atoms with Gasteiger partial charge in [-0.3, -0.25) is 9.69 Å². The number of thiophene rings is 1. The van der Waals surface area contributed by atoms with Crippen molar-refractivity contribution >= 4 is 38.9 Å². The standard InChI is InChI=1S/C14H21ClN2O4S2/c1-14(2,3)21-12(18)10-16-6-8-17(9-7-16)23(19,20)13-5-4-11(15)22-13/h4-5H,6-10H2,1-3H3. The van der Waals surface area contributed by atoms with Gasteiger partial charge in [0, 0.05) is 26.2 Å². The first-order valence-electron chi connectivity index (χ1n) is 7.28. The quantitative estimate of drug-likeness (QED) is 0.748. The van der Waals surface area contributed by atoms with Crippen LogP contribution in [0.2, 0.25) is 4.34 Å². The average molecular weight is 381 g/mol. The highest BCUT2D eigenvalue weighted by Crippen LogP contribution is 2.28. The predicted molar refractivity (Wildman–Crippen MR) is 90.4 cm³/mol. The fourth-order valence-electron chi connectivity index (χ4n) is 2.25. The maximum Gasteiger partial charge on any atom is 0.320 e. The van der Waals surface area contributed by atoms with Crippen LogP contribution in [-0.2, 0) is 19.6 Å². The summed E-state index contributed by atoms with van der Waals surface area (Å²) in [5, 5.41) is 0. The molecule has 1 aliphatic rings. The molecular weight excluding hydrogens is 360 g/mol. The lowest BCUT2D eigenvalue weighted by molar-refractivity contribution is -0.156. The number of carbonyl (C=O) groups excluding carboxylic acids is 1. The molecule has 0 atom stereocenters. The molecule has 130 valence electrons. The summed E-state index contributed by atoms with van der Waals surface area (Å²) >= 11 is 6.87. The van der Waals surface area contributed by atoms with Gasteiger partial charge in [-0.15, -0.1) is 11.3 Å². The van der Waals surface area contributed by atoms with Crippen molar-refractivity contribution in [1.82, 2.24) is 9.21 Å². The first-order chi connectivity index (χ1) is 10.6. The number of piperazine rings is 1. The molecule has 23 heavy (non-hydrogen) atoms. The third-order valence-electron chi connectivity index (χ3n) is 3.25. The molecule has 1 aromatic heterocycles. The van der Waals surface area contributed by atoms with Crippen LogP contribution in [0.4, 0.5) is 0 Å². The summed E-state index contributed by atoms with van der Waals surface area (Å²) < 4.78 is 32.4. The summed E-state index contributed by atoms with van der Waals surface area (Å²) in [6.07, 6.45) is 0. The third kappa shape index (κ3) is 5.15. The van der Waals surface area contributed by atoms with Gasteiger partial charge in [0.05, 0.1) is 10.9 Å². The Morgan fingerprint density at radius 2 is 1.87 bits per heavy atom. The molecule has 0 N–H and O–H groups in total. The van der Waals surface area contributed by atoms with Crippen LogP contribution in [0.1, 0.15) is 20.8 Å². The number of carbonyl (C=O) groups is 1. The van der Waals surface area contributed by atoms with Crippen molar-refractivity contribution in [3.8, 4) is 0 Å². The lowest BCUT2D eigenvalue weighted by Crippen LogP contribution is -2.50. The minimum absolute atomic E-state index is 0.177. The number of ether oxygens (including phenoxy) is 1. The van der Waals surface area contributed by atoms with E-state index in [1.54, 1.807) is 6.07 Å². The molecule has 0 aromatic carbocycles. The largest absolute Gasteiger partial charge is 0.459 e. The van der Waals surface area contributed by atoms with E-state index >= 15 is 0 Å². The summed E-state index contributed by atoms with van der Waals surface area (Å²) in [6, 6.07) is 3.10. The van der Waals surface area contributed by atoms with E-state index in [1.807, 2.05) is 25.7 Å². The fraction of sp³-hybridized carbons (Fsp3) is 0.643. The molecule has 1 aromatic rings.